The highest BCUT2D eigenvalue weighted by Crippen LogP contribution is 2.17. The van der Waals surface area contributed by atoms with Crippen LogP contribution in [0.4, 0.5) is 0 Å². The van der Waals surface area contributed by atoms with Crippen molar-refractivity contribution in [1.82, 2.24) is 9.55 Å². The molecule has 0 atom stereocenters. The van der Waals surface area contributed by atoms with Gasteiger partial charge in [0.2, 0.25) is 0 Å². The first-order valence-corrected chi connectivity index (χ1v) is 8.44. The normalized spacial score (nSPS) is 11.0. The second kappa shape index (κ2) is 6.79. The second-order valence-corrected chi connectivity index (χ2v) is 6.27. The van der Waals surface area contributed by atoms with Gasteiger partial charge in [0, 0.05) is 6.54 Å². The van der Waals surface area contributed by atoms with E-state index in [1.807, 2.05) is 47.0 Å². The van der Waals surface area contributed by atoms with Crippen LogP contribution in [0.1, 0.15) is 12.5 Å². The van der Waals surface area contributed by atoms with Gasteiger partial charge in [-0.15, -0.1) is 0 Å². The van der Waals surface area contributed by atoms with Crippen molar-refractivity contribution in [2.24, 2.45) is 0 Å². The van der Waals surface area contributed by atoms with Crippen molar-refractivity contribution in [2.45, 2.75) is 25.0 Å². The molecule has 0 spiro atoms. The van der Waals surface area contributed by atoms with Crippen molar-refractivity contribution in [2.75, 3.05) is 5.75 Å². The van der Waals surface area contributed by atoms with Gasteiger partial charge in [-0.3, -0.25) is 9.36 Å². The lowest BCUT2D eigenvalue weighted by atomic mass is 10.1. The standard InChI is InChI=1S/C18H18N2OS/c1-2-22-18-19-16-11-7-6-10-15(16)17(21)20(18)13-12-14-8-4-3-5-9-14/h3-11H,2,12-13H2,1H3. The number of hydrogen-bond donors (Lipinski definition) is 0. The maximum Gasteiger partial charge on any atom is 0.262 e. The van der Waals surface area contributed by atoms with Crippen LogP contribution < -0.4 is 5.56 Å². The highest BCUT2D eigenvalue weighted by atomic mass is 32.2. The van der Waals surface area contributed by atoms with Gasteiger partial charge in [-0.2, -0.15) is 0 Å². The fourth-order valence-electron chi connectivity index (χ4n) is 2.47. The molecule has 22 heavy (non-hydrogen) atoms. The molecule has 0 fully saturated rings. The Morgan fingerprint density at radius 1 is 1.05 bits per heavy atom. The molecule has 1 heterocycles. The van der Waals surface area contributed by atoms with Crippen LogP contribution in [-0.4, -0.2) is 15.3 Å². The van der Waals surface area contributed by atoms with E-state index in [2.05, 4.69) is 24.0 Å². The maximum atomic E-state index is 12.8. The van der Waals surface area contributed by atoms with E-state index >= 15 is 0 Å². The summed E-state index contributed by atoms with van der Waals surface area (Å²) < 4.78 is 1.81. The zero-order chi connectivity index (χ0) is 15.4. The first-order valence-electron chi connectivity index (χ1n) is 7.46. The molecule has 2 aromatic carbocycles. The number of thioether (sulfide) groups is 1. The van der Waals surface area contributed by atoms with E-state index in [-0.39, 0.29) is 5.56 Å². The minimum atomic E-state index is 0.0532. The van der Waals surface area contributed by atoms with E-state index < -0.39 is 0 Å². The molecule has 0 amide bonds. The van der Waals surface area contributed by atoms with E-state index in [1.54, 1.807) is 11.8 Å². The van der Waals surface area contributed by atoms with Gasteiger partial charge in [0.05, 0.1) is 10.9 Å². The third-order valence-electron chi connectivity index (χ3n) is 3.57. The summed E-state index contributed by atoms with van der Waals surface area (Å²) >= 11 is 1.62. The minimum absolute atomic E-state index is 0.0532. The summed E-state index contributed by atoms with van der Waals surface area (Å²) in [6, 6.07) is 17.8. The van der Waals surface area contributed by atoms with Crippen molar-refractivity contribution in [3.8, 4) is 0 Å². The number of nitrogens with zero attached hydrogens (tertiary/aromatic N) is 2. The summed E-state index contributed by atoms with van der Waals surface area (Å²) in [7, 11) is 0. The topological polar surface area (TPSA) is 34.9 Å². The highest BCUT2D eigenvalue weighted by Gasteiger charge is 2.10. The average molecular weight is 310 g/mol. The fourth-order valence-corrected chi connectivity index (χ4v) is 3.22. The van der Waals surface area contributed by atoms with Gasteiger partial charge in [-0.25, -0.2) is 4.98 Å². The number of fused-ring (bicyclic) bond motifs is 1. The van der Waals surface area contributed by atoms with Crippen molar-refractivity contribution < 1.29 is 0 Å². The smallest absolute Gasteiger partial charge is 0.262 e. The Hall–Kier alpha value is -2.07. The van der Waals surface area contributed by atoms with E-state index in [9.17, 15) is 4.79 Å². The summed E-state index contributed by atoms with van der Waals surface area (Å²) in [5, 5.41) is 1.50. The van der Waals surface area contributed by atoms with Crippen molar-refractivity contribution in [3.63, 3.8) is 0 Å². The summed E-state index contributed by atoms with van der Waals surface area (Å²) in [5.41, 5.74) is 2.06. The molecule has 4 heteroatoms. The minimum Gasteiger partial charge on any atom is -0.287 e. The van der Waals surface area contributed by atoms with Crippen LogP contribution in [0.15, 0.2) is 64.5 Å². The Bertz CT molecular complexity index is 827. The van der Waals surface area contributed by atoms with E-state index in [4.69, 9.17) is 0 Å². The Kier molecular flexibility index (Phi) is 4.59. The summed E-state index contributed by atoms with van der Waals surface area (Å²) in [6.07, 6.45) is 0.831. The summed E-state index contributed by atoms with van der Waals surface area (Å²) in [5.74, 6) is 0.899. The van der Waals surface area contributed by atoms with Crippen molar-refractivity contribution >= 4 is 22.7 Å². The zero-order valence-electron chi connectivity index (χ0n) is 12.5. The Balaban J connectivity index is 2.00. The van der Waals surface area contributed by atoms with Gasteiger partial charge in [0.25, 0.3) is 5.56 Å². The first-order chi connectivity index (χ1) is 10.8. The number of para-hydroxylation sites is 1. The van der Waals surface area contributed by atoms with Gasteiger partial charge in [0.15, 0.2) is 5.16 Å². The van der Waals surface area contributed by atoms with Crippen LogP contribution in [0.3, 0.4) is 0 Å². The molecule has 0 saturated carbocycles. The van der Waals surface area contributed by atoms with Crippen molar-refractivity contribution in [3.05, 3.63) is 70.5 Å². The molecule has 3 nitrogen and oxygen atoms in total. The van der Waals surface area contributed by atoms with Gasteiger partial charge in [-0.05, 0) is 29.9 Å². The molecule has 112 valence electrons. The molecule has 0 radical (unpaired) electrons. The largest absolute Gasteiger partial charge is 0.287 e. The Labute approximate surface area is 134 Å². The molecule has 0 N–H and O–H groups in total. The Morgan fingerprint density at radius 3 is 2.55 bits per heavy atom. The number of hydrogen-bond acceptors (Lipinski definition) is 3. The molecule has 0 aliphatic heterocycles. The molecular weight excluding hydrogens is 292 g/mol. The molecule has 0 saturated heterocycles. The summed E-state index contributed by atoms with van der Waals surface area (Å²) in [6.45, 7) is 2.73. The molecule has 0 bridgehead atoms. The lowest BCUT2D eigenvalue weighted by molar-refractivity contribution is 0.595. The lowest BCUT2D eigenvalue weighted by Gasteiger charge is -2.12. The van der Waals surface area contributed by atoms with E-state index in [0.717, 1.165) is 22.8 Å². The average Bonchev–Trinajstić information content (AvgIpc) is 2.56. The van der Waals surface area contributed by atoms with Crippen LogP contribution >= 0.6 is 11.8 Å². The van der Waals surface area contributed by atoms with Gasteiger partial charge < -0.3 is 0 Å². The monoisotopic (exact) mass is 310 g/mol. The van der Waals surface area contributed by atoms with Gasteiger partial charge in [-0.1, -0.05) is 61.2 Å². The second-order valence-electron chi connectivity index (χ2n) is 5.04. The van der Waals surface area contributed by atoms with Crippen LogP contribution in [0.25, 0.3) is 10.9 Å². The third-order valence-corrected chi connectivity index (χ3v) is 4.43. The molecule has 3 rings (SSSR count). The number of aromatic nitrogens is 2. The Morgan fingerprint density at radius 2 is 1.77 bits per heavy atom. The van der Waals surface area contributed by atoms with Gasteiger partial charge in [0.1, 0.15) is 0 Å². The molecule has 1 aromatic heterocycles. The molecule has 0 aliphatic carbocycles. The van der Waals surface area contributed by atoms with Crippen LogP contribution in [0.2, 0.25) is 0 Å². The van der Waals surface area contributed by atoms with E-state index in [1.165, 1.54) is 5.56 Å². The fraction of sp³-hybridized carbons (Fsp3) is 0.222. The number of aryl methyl sites for hydroxylation is 1. The molecule has 0 unspecified atom stereocenters. The van der Waals surface area contributed by atoms with Crippen LogP contribution in [-0.2, 0) is 13.0 Å². The maximum absolute atomic E-state index is 12.8. The molecular formula is C18H18N2OS. The van der Waals surface area contributed by atoms with Gasteiger partial charge >= 0.3 is 0 Å². The summed E-state index contributed by atoms with van der Waals surface area (Å²) in [4.78, 5) is 17.4. The molecule has 3 aromatic rings. The quantitative estimate of drug-likeness (QED) is 0.532. The third kappa shape index (κ3) is 3.07. The number of rotatable bonds is 5. The lowest BCUT2D eigenvalue weighted by Crippen LogP contribution is -2.24. The predicted molar refractivity (Wildman–Crippen MR) is 92.5 cm³/mol. The highest BCUT2D eigenvalue weighted by molar-refractivity contribution is 7.99. The first kappa shape index (κ1) is 14.9. The predicted octanol–water partition coefficient (Wildman–Crippen LogP) is 3.75. The molecule has 0 aliphatic rings. The van der Waals surface area contributed by atoms with E-state index in [0.29, 0.717) is 11.9 Å². The van der Waals surface area contributed by atoms with Crippen LogP contribution in [0, 0.1) is 0 Å². The van der Waals surface area contributed by atoms with Crippen LogP contribution in [0.5, 0.6) is 0 Å². The zero-order valence-corrected chi connectivity index (χ0v) is 13.3. The number of benzene rings is 2. The SMILES string of the molecule is CCSc1nc2ccccc2c(=O)n1CCc1ccccc1. The van der Waals surface area contributed by atoms with Crippen molar-refractivity contribution in [1.29, 1.82) is 0 Å².